The summed E-state index contributed by atoms with van der Waals surface area (Å²) in [6, 6.07) is 6.06. The van der Waals surface area contributed by atoms with Crippen LogP contribution in [0.2, 0.25) is 0 Å². The number of halogens is 1. The minimum atomic E-state index is -3.01. The Bertz CT molecular complexity index is 545. The zero-order valence-corrected chi connectivity index (χ0v) is 12.7. The molecular formula is C12H17BrN2O2S. The Morgan fingerprint density at radius 2 is 2.22 bits per heavy atom. The summed E-state index contributed by atoms with van der Waals surface area (Å²) in [6.45, 7) is 3.24. The van der Waals surface area contributed by atoms with Gasteiger partial charge in [-0.3, -0.25) is 0 Å². The summed E-state index contributed by atoms with van der Waals surface area (Å²) < 4.78 is 24.7. The molecule has 0 bridgehead atoms. The summed E-state index contributed by atoms with van der Waals surface area (Å²) in [6.07, 6.45) is 0. The maximum absolute atomic E-state index is 11.8. The van der Waals surface area contributed by atoms with Crippen molar-refractivity contribution >= 4 is 31.5 Å². The van der Waals surface area contributed by atoms with Crippen LogP contribution in [0.1, 0.15) is 5.56 Å². The highest BCUT2D eigenvalue weighted by Gasteiger charge is 2.31. The van der Waals surface area contributed by atoms with Crippen molar-refractivity contribution in [2.45, 2.75) is 12.2 Å². The van der Waals surface area contributed by atoms with Crippen molar-refractivity contribution in [2.24, 2.45) is 5.73 Å². The summed E-state index contributed by atoms with van der Waals surface area (Å²) in [5, 5.41) is -0.449. The van der Waals surface area contributed by atoms with Crippen molar-refractivity contribution in [1.82, 2.24) is 0 Å². The van der Waals surface area contributed by atoms with Crippen molar-refractivity contribution in [3.05, 3.63) is 28.2 Å². The van der Waals surface area contributed by atoms with E-state index in [1.807, 2.05) is 19.1 Å². The highest BCUT2D eigenvalue weighted by atomic mass is 79.9. The largest absolute Gasteiger partial charge is 0.369 e. The predicted octanol–water partition coefficient (Wildman–Crippen LogP) is 1.32. The van der Waals surface area contributed by atoms with Gasteiger partial charge in [-0.1, -0.05) is 15.9 Å². The third kappa shape index (κ3) is 2.70. The molecule has 100 valence electrons. The Hall–Kier alpha value is -0.590. The average molecular weight is 333 g/mol. The minimum Gasteiger partial charge on any atom is -0.369 e. The molecule has 1 atom stereocenters. The second-order valence-electron chi connectivity index (χ2n) is 4.60. The normalized spacial score (nSPS) is 23.1. The van der Waals surface area contributed by atoms with Crippen LogP contribution in [0.15, 0.2) is 22.7 Å². The molecule has 1 aromatic rings. The van der Waals surface area contributed by atoms with E-state index in [4.69, 9.17) is 5.73 Å². The minimum absolute atomic E-state index is 0.185. The number of benzene rings is 1. The summed E-state index contributed by atoms with van der Waals surface area (Å²) in [5.74, 6) is 0.185. The fourth-order valence-corrected chi connectivity index (χ4v) is 3.89. The van der Waals surface area contributed by atoms with Gasteiger partial charge < -0.3 is 10.6 Å². The van der Waals surface area contributed by atoms with E-state index < -0.39 is 15.1 Å². The zero-order valence-electron chi connectivity index (χ0n) is 10.3. The van der Waals surface area contributed by atoms with Gasteiger partial charge in [0, 0.05) is 29.8 Å². The third-order valence-corrected chi connectivity index (χ3v) is 6.35. The van der Waals surface area contributed by atoms with Crippen molar-refractivity contribution < 1.29 is 8.42 Å². The van der Waals surface area contributed by atoms with Crippen LogP contribution >= 0.6 is 15.9 Å². The first-order valence-electron chi connectivity index (χ1n) is 5.87. The Labute approximate surface area is 116 Å². The monoisotopic (exact) mass is 332 g/mol. The molecule has 18 heavy (non-hydrogen) atoms. The highest BCUT2D eigenvalue weighted by molar-refractivity contribution is 9.10. The van der Waals surface area contributed by atoms with Crippen LogP contribution in [-0.2, 0) is 9.84 Å². The SMILES string of the molecule is Cc1cc(N2CCS(=O)(=O)C(CN)C2)ccc1Br. The first-order valence-corrected chi connectivity index (χ1v) is 8.37. The molecule has 6 heteroatoms. The molecule has 1 aromatic carbocycles. The molecule has 0 aromatic heterocycles. The van der Waals surface area contributed by atoms with Crippen LogP contribution in [0, 0.1) is 6.92 Å². The lowest BCUT2D eigenvalue weighted by atomic mass is 10.2. The molecule has 1 aliphatic rings. The molecule has 0 saturated carbocycles. The summed E-state index contributed by atoms with van der Waals surface area (Å²) >= 11 is 3.46. The molecule has 2 N–H and O–H groups in total. The predicted molar refractivity (Wildman–Crippen MR) is 77.7 cm³/mol. The van der Waals surface area contributed by atoms with Crippen molar-refractivity contribution in [3.63, 3.8) is 0 Å². The quantitative estimate of drug-likeness (QED) is 0.887. The van der Waals surface area contributed by atoms with Gasteiger partial charge in [0.05, 0.1) is 11.0 Å². The van der Waals surface area contributed by atoms with E-state index in [9.17, 15) is 8.42 Å². The van der Waals surface area contributed by atoms with Gasteiger partial charge in [0.15, 0.2) is 9.84 Å². The maximum atomic E-state index is 11.8. The van der Waals surface area contributed by atoms with E-state index in [1.165, 1.54) is 0 Å². The van der Waals surface area contributed by atoms with Crippen molar-refractivity contribution in [1.29, 1.82) is 0 Å². The molecule has 0 spiro atoms. The molecule has 0 radical (unpaired) electrons. The summed E-state index contributed by atoms with van der Waals surface area (Å²) in [7, 11) is -3.01. The molecule has 2 rings (SSSR count). The topological polar surface area (TPSA) is 63.4 Å². The number of nitrogens with zero attached hydrogens (tertiary/aromatic N) is 1. The van der Waals surface area contributed by atoms with Gasteiger partial charge in [0.2, 0.25) is 0 Å². The smallest absolute Gasteiger partial charge is 0.157 e. The molecule has 1 saturated heterocycles. The van der Waals surface area contributed by atoms with Gasteiger partial charge in [-0.15, -0.1) is 0 Å². The van der Waals surface area contributed by atoms with Gasteiger partial charge in [-0.2, -0.15) is 0 Å². The Balaban J connectivity index is 2.23. The van der Waals surface area contributed by atoms with Crippen LogP contribution < -0.4 is 10.6 Å². The summed E-state index contributed by atoms with van der Waals surface area (Å²) in [5.41, 5.74) is 7.76. The van der Waals surface area contributed by atoms with Gasteiger partial charge in [0.25, 0.3) is 0 Å². The molecule has 1 fully saturated rings. The number of aryl methyl sites for hydroxylation is 1. The first kappa shape index (κ1) is 13.8. The van der Waals surface area contributed by atoms with E-state index in [-0.39, 0.29) is 12.3 Å². The summed E-state index contributed by atoms with van der Waals surface area (Å²) in [4.78, 5) is 2.10. The molecule has 0 aliphatic carbocycles. The fourth-order valence-electron chi connectivity index (χ4n) is 2.14. The fraction of sp³-hybridized carbons (Fsp3) is 0.500. The molecule has 1 heterocycles. The van der Waals surface area contributed by atoms with Crippen LogP contribution in [0.5, 0.6) is 0 Å². The van der Waals surface area contributed by atoms with E-state index >= 15 is 0 Å². The molecule has 4 nitrogen and oxygen atoms in total. The standard InChI is InChI=1S/C12H17BrN2O2S/c1-9-6-10(2-3-12(9)13)15-4-5-18(16,17)11(7-14)8-15/h2-3,6,11H,4-5,7-8,14H2,1H3. The number of hydrogen-bond acceptors (Lipinski definition) is 4. The average Bonchev–Trinajstić information content (AvgIpc) is 2.32. The van der Waals surface area contributed by atoms with Crippen molar-refractivity contribution in [3.8, 4) is 0 Å². The van der Waals surface area contributed by atoms with E-state index in [0.717, 1.165) is 15.7 Å². The lowest BCUT2D eigenvalue weighted by molar-refractivity contribution is 0.563. The number of rotatable bonds is 2. The molecule has 1 aliphatic heterocycles. The Morgan fingerprint density at radius 3 is 2.83 bits per heavy atom. The second-order valence-corrected chi connectivity index (χ2v) is 7.86. The van der Waals surface area contributed by atoms with E-state index in [2.05, 4.69) is 26.9 Å². The maximum Gasteiger partial charge on any atom is 0.157 e. The number of sulfone groups is 1. The third-order valence-electron chi connectivity index (χ3n) is 3.35. The van der Waals surface area contributed by atoms with Crippen LogP contribution in [0.4, 0.5) is 5.69 Å². The molecular weight excluding hydrogens is 316 g/mol. The van der Waals surface area contributed by atoms with Crippen LogP contribution in [0.3, 0.4) is 0 Å². The van der Waals surface area contributed by atoms with Crippen LogP contribution in [-0.4, -0.2) is 39.1 Å². The second kappa shape index (κ2) is 5.19. The van der Waals surface area contributed by atoms with E-state index in [0.29, 0.717) is 13.1 Å². The molecule has 1 unspecified atom stereocenters. The van der Waals surface area contributed by atoms with Gasteiger partial charge in [-0.25, -0.2) is 8.42 Å². The van der Waals surface area contributed by atoms with Gasteiger partial charge in [0.1, 0.15) is 0 Å². The van der Waals surface area contributed by atoms with Crippen LogP contribution in [0.25, 0.3) is 0 Å². The number of hydrogen-bond donors (Lipinski definition) is 1. The van der Waals surface area contributed by atoms with Crippen molar-refractivity contribution in [2.75, 3.05) is 30.3 Å². The zero-order chi connectivity index (χ0) is 13.3. The van der Waals surface area contributed by atoms with Gasteiger partial charge in [-0.05, 0) is 30.7 Å². The van der Waals surface area contributed by atoms with Gasteiger partial charge >= 0.3 is 0 Å². The number of nitrogens with two attached hydrogens (primary N) is 1. The highest BCUT2D eigenvalue weighted by Crippen LogP contribution is 2.25. The molecule has 0 amide bonds. The lowest BCUT2D eigenvalue weighted by Crippen LogP contribution is -2.50. The Morgan fingerprint density at radius 1 is 1.50 bits per heavy atom. The van der Waals surface area contributed by atoms with E-state index in [1.54, 1.807) is 0 Å². The lowest BCUT2D eigenvalue weighted by Gasteiger charge is -2.34. The Kier molecular flexibility index (Phi) is 3.99. The first-order chi connectivity index (χ1) is 8.44. The number of anilines is 1.